The molecule has 0 saturated heterocycles. The molecule has 0 bridgehead atoms. The highest BCUT2D eigenvalue weighted by molar-refractivity contribution is 5.99. The van der Waals surface area contributed by atoms with E-state index in [2.05, 4.69) is 5.32 Å². The summed E-state index contributed by atoms with van der Waals surface area (Å²) < 4.78 is 5.24. The molecule has 1 N–H and O–H groups in total. The first kappa shape index (κ1) is 13.9. The molecule has 2 rings (SSSR count). The number of rotatable bonds is 5. The van der Waals surface area contributed by atoms with Crippen molar-refractivity contribution in [2.24, 2.45) is 5.41 Å². The van der Waals surface area contributed by atoms with Crippen molar-refractivity contribution in [3.63, 3.8) is 0 Å². The topological polar surface area (TPSA) is 41.6 Å². The number of methoxy groups -OCH3 is 1. The predicted molar refractivity (Wildman–Crippen MR) is 76.7 cm³/mol. The third-order valence-electron chi connectivity index (χ3n) is 3.89. The van der Waals surface area contributed by atoms with Crippen molar-refractivity contribution >= 4 is 11.6 Å². The Morgan fingerprint density at radius 2 is 2.16 bits per heavy atom. The van der Waals surface area contributed by atoms with Crippen LogP contribution in [0.5, 0.6) is 5.75 Å². The van der Waals surface area contributed by atoms with Gasteiger partial charge in [0.25, 0.3) is 0 Å². The van der Waals surface area contributed by atoms with Gasteiger partial charge >= 0.3 is 0 Å². The minimum Gasteiger partial charge on any atom is -0.496 e. The van der Waals surface area contributed by atoms with Crippen LogP contribution in [-0.4, -0.2) is 33.7 Å². The molecule has 0 heterocycles. The molecule has 1 amide bonds. The number of hydrogen-bond donors (Lipinski definition) is 1. The average Bonchev–Trinajstić information content (AvgIpc) is 3.18. The molecule has 1 aliphatic rings. The van der Waals surface area contributed by atoms with Gasteiger partial charge in [0.2, 0.25) is 5.91 Å². The molecule has 1 fully saturated rings. The Kier molecular flexibility index (Phi) is 3.80. The standard InChI is InChI=1S/C15H22N2O2/c1-11-9-12(5-6-13(11)19-4)17(3)14(18)15(7-8-15)10-16-2/h5-6,9,16H,7-8,10H2,1-4H3. The van der Waals surface area contributed by atoms with Crippen molar-refractivity contribution in [2.45, 2.75) is 19.8 Å². The number of aryl methyl sites for hydroxylation is 1. The number of anilines is 1. The lowest BCUT2D eigenvalue weighted by atomic mass is 10.0. The second-order valence-electron chi connectivity index (χ2n) is 5.33. The first-order chi connectivity index (χ1) is 9.04. The minimum atomic E-state index is -0.183. The highest BCUT2D eigenvalue weighted by Crippen LogP contribution is 2.47. The minimum absolute atomic E-state index is 0.183. The lowest BCUT2D eigenvalue weighted by molar-refractivity contribution is -0.123. The zero-order chi connectivity index (χ0) is 14.0. The van der Waals surface area contributed by atoms with Crippen molar-refractivity contribution < 1.29 is 9.53 Å². The number of amides is 1. The maximum atomic E-state index is 12.5. The van der Waals surface area contributed by atoms with E-state index in [-0.39, 0.29) is 11.3 Å². The van der Waals surface area contributed by atoms with Gasteiger partial charge in [0.05, 0.1) is 12.5 Å². The van der Waals surface area contributed by atoms with Crippen LogP contribution in [0, 0.1) is 12.3 Å². The molecule has 1 aliphatic carbocycles. The van der Waals surface area contributed by atoms with Gasteiger partial charge in [-0.3, -0.25) is 4.79 Å². The maximum absolute atomic E-state index is 12.5. The molecule has 0 atom stereocenters. The van der Waals surface area contributed by atoms with Gasteiger partial charge in [-0.25, -0.2) is 0 Å². The Morgan fingerprint density at radius 1 is 1.47 bits per heavy atom. The van der Waals surface area contributed by atoms with Crippen LogP contribution in [0.4, 0.5) is 5.69 Å². The number of carbonyl (C=O) groups is 1. The van der Waals surface area contributed by atoms with Gasteiger partial charge in [-0.05, 0) is 50.6 Å². The fraction of sp³-hybridized carbons (Fsp3) is 0.533. The average molecular weight is 262 g/mol. The number of nitrogens with one attached hydrogen (secondary N) is 1. The van der Waals surface area contributed by atoms with Crippen molar-refractivity contribution in [3.05, 3.63) is 23.8 Å². The van der Waals surface area contributed by atoms with E-state index < -0.39 is 0 Å². The number of ether oxygens (including phenoxy) is 1. The Hall–Kier alpha value is -1.55. The summed E-state index contributed by atoms with van der Waals surface area (Å²) in [6.45, 7) is 2.74. The summed E-state index contributed by atoms with van der Waals surface area (Å²) in [5, 5.41) is 3.12. The highest BCUT2D eigenvalue weighted by Gasteiger charge is 2.50. The fourth-order valence-electron chi connectivity index (χ4n) is 2.50. The highest BCUT2D eigenvalue weighted by atomic mass is 16.5. The third-order valence-corrected chi connectivity index (χ3v) is 3.89. The molecule has 4 heteroatoms. The third kappa shape index (κ3) is 2.59. The molecule has 0 unspecified atom stereocenters. The van der Waals surface area contributed by atoms with Crippen LogP contribution < -0.4 is 15.0 Å². The summed E-state index contributed by atoms with van der Waals surface area (Å²) in [5.41, 5.74) is 1.78. The number of benzene rings is 1. The van der Waals surface area contributed by atoms with E-state index in [9.17, 15) is 4.79 Å². The lowest BCUT2D eigenvalue weighted by Gasteiger charge is -2.24. The van der Waals surface area contributed by atoms with Crippen LogP contribution >= 0.6 is 0 Å². The van der Waals surface area contributed by atoms with Crippen LogP contribution in [-0.2, 0) is 4.79 Å². The summed E-state index contributed by atoms with van der Waals surface area (Å²) >= 11 is 0. The first-order valence-electron chi connectivity index (χ1n) is 6.61. The van der Waals surface area contributed by atoms with E-state index in [1.165, 1.54) is 0 Å². The molecule has 4 nitrogen and oxygen atoms in total. The molecule has 104 valence electrons. The van der Waals surface area contributed by atoms with Gasteiger partial charge in [-0.1, -0.05) is 0 Å². The van der Waals surface area contributed by atoms with Crippen molar-refractivity contribution in [3.8, 4) is 5.75 Å². The molecule has 0 radical (unpaired) electrons. The first-order valence-corrected chi connectivity index (χ1v) is 6.61. The summed E-state index contributed by atoms with van der Waals surface area (Å²) in [7, 11) is 5.40. The Bertz CT molecular complexity index is 481. The zero-order valence-electron chi connectivity index (χ0n) is 12.1. The van der Waals surface area contributed by atoms with E-state index in [1.807, 2.05) is 39.2 Å². The van der Waals surface area contributed by atoms with Gasteiger partial charge < -0.3 is 15.0 Å². The van der Waals surface area contributed by atoms with Crippen molar-refractivity contribution in [2.75, 3.05) is 32.6 Å². The molecule has 1 aromatic rings. The molecular weight excluding hydrogens is 240 g/mol. The SMILES string of the molecule is CNCC1(C(=O)N(C)c2ccc(OC)c(C)c2)CC1. The monoisotopic (exact) mass is 262 g/mol. The number of hydrogen-bond acceptors (Lipinski definition) is 3. The second kappa shape index (κ2) is 5.21. The van der Waals surface area contributed by atoms with E-state index in [1.54, 1.807) is 12.0 Å². The zero-order valence-corrected chi connectivity index (χ0v) is 12.1. The summed E-state index contributed by atoms with van der Waals surface area (Å²) in [6.07, 6.45) is 1.96. The molecule has 19 heavy (non-hydrogen) atoms. The summed E-state index contributed by atoms with van der Waals surface area (Å²) in [6, 6.07) is 5.83. The summed E-state index contributed by atoms with van der Waals surface area (Å²) in [4.78, 5) is 14.3. The molecule has 1 aromatic carbocycles. The number of nitrogens with zero attached hydrogens (tertiary/aromatic N) is 1. The number of carbonyl (C=O) groups excluding carboxylic acids is 1. The smallest absolute Gasteiger partial charge is 0.234 e. The van der Waals surface area contributed by atoms with Crippen LogP contribution in [0.1, 0.15) is 18.4 Å². The normalized spacial score (nSPS) is 16.0. The van der Waals surface area contributed by atoms with Crippen molar-refractivity contribution in [1.82, 2.24) is 5.32 Å². The van der Waals surface area contributed by atoms with Gasteiger partial charge in [0.15, 0.2) is 0 Å². The van der Waals surface area contributed by atoms with E-state index in [0.29, 0.717) is 0 Å². The van der Waals surface area contributed by atoms with Crippen LogP contribution in [0.2, 0.25) is 0 Å². The molecule has 0 aromatic heterocycles. The largest absolute Gasteiger partial charge is 0.496 e. The Morgan fingerprint density at radius 3 is 2.63 bits per heavy atom. The van der Waals surface area contributed by atoms with Gasteiger partial charge in [-0.15, -0.1) is 0 Å². The van der Waals surface area contributed by atoms with Gasteiger partial charge in [0.1, 0.15) is 5.75 Å². The molecule has 1 saturated carbocycles. The second-order valence-corrected chi connectivity index (χ2v) is 5.33. The molecule has 0 aliphatic heterocycles. The van der Waals surface area contributed by atoms with Crippen molar-refractivity contribution in [1.29, 1.82) is 0 Å². The molecular formula is C15H22N2O2. The lowest BCUT2D eigenvalue weighted by Crippen LogP contribution is -2.39. The maximum Gasteiger partial charge on any atom is 0.234 e. The van der Waals surface area contributed by atoms with Crippen LogP contribution in [0.15, 0.2) is 18.2 Å². The van der Waals surface area contributed by atoms with Crippen LogP contribution in [0.3, 0.4) is 0 Å². The summed E-state index contributed by atoms with van der Waals surface area (Å²) in [5.74, 6) is 1.05. The van der Waals surface area contributed by atoms with Gasteiger partial charge in [0, 0.05) is 19.3 Å². The fourth-order valence-corrected chi connectivity index (χ4v) is 2.50. The Labute approximate surface area is 114 Å². The Balaban J connectivity index is 2.18. The van der Waals surface area contributed by atoms with E-state index >= 15 is 0 Å². The molecule has 0 spiro atoms. The predicted octanol–water partition coefficient (Wildman–Crippen LogP) is 1.97. The quantitative estimate of drug-likeness (QED) is 0.882. The van der Waals surface area contributed by atoms with Gasteiger partial charge in [-0.2, -0.15) is 0 Å². The van der Waals surface area contributed by atoms with E-state index in [4.69, 9.17) is 4.74 Å². The van der Waals surface area contributed by atoms with Crippen LogP contribution in [0.25, 0.3) is 0 Å². The van der Waals surface area contributed by atoms with E-state index in [0.717, 1.165) is 36.4 Å².